The molecule has 3 aromatic carbocycles. The first kappa shape index (κ1) is 23.0. The van der Waals surface area contributed by atoms with Crippen molar-refractivity contribution in [3.63, 3.8) is 0 Å². The molecule has 0 spiro atoms. The summed E-state index contributed by atoms with van der Waals surface area (Å²) in [5.74, 6) is 0. The van der Waals surface area contributed by atoms with Crippen LogP contribution in [-0.4, -0.2) is 17.2 Å². The summed E-state index contributed by atoms with van der Waals surface area (Å²) < 4.78 is 0. The van der Waals surface area contributed by atoms with E-state index in [0.717, 1.165) is 12.1 Å². The van der Waals surface area contributed by atoms with Gasteiger partial charge in [-0.3, -0.25) is 9.98 Å². The Morgan fingerprint density at radius 3 is 2.24 bits per heavy atom. The first-order chi connectivity index (χ1) is 18.4. The van der Waals surface area contributed by atoms with Gasteiger partial charge in [-0.05, 0) is 64.7 Å². The fraction of sp³-hybridized carbons (Fsp3) is 0.235. The lowest BCUT2D eigenvalue weighted by Gasteiger charge is -2.49. The summed E-state index contributed by atoms with van der Waals surface area (Å²) in [5, 5.41) is 0. The van der Waals surface area contributed by atoms with E-state index in [9.17, 15) is 0 Å². The number of rotatable bonds is 3. The Morgan fingerprint density at radius 1 is 0.763 bits per heavy atom. The smallest absolute Gasteiger partial charge is 0.0602 e. The van der Waals surface area contributed by atoms with E-state index in [4.69, 9.17) is 0 Å². The number of pyridine rings is 1. The van der Waals surface area contributed by atoms with Gasteiger partial charge in [-0.15, -0.1) is 0 Å². The summed E-state index contributed by atoms with van der Waals surface area (Å²) in [6.45, 7) is 9.46. The molecule has 4 heteroatoms. The van der Waals surface area contributed by atoms with Gasteiger partial charge in [0.1, 0.15) is 0 Å². The Kier molecular flexibility index (Phi) is 4.93. The second-order valence-corrected chi connectivity index (χ2v) is 11.6. The molecular weight excluding hydrogens is 464 g/mol. The van der Waals surface area contributed by atoms with Crippen LogP contribution < -0.4 is 9.80 Å². The third kappa shape index (κ3) is 3.16. The number of fused-ring (bicyclic) bond motifs is 4. The maximum absolute atomic E-state index is 4.45. The van der Waals surface area contributed by atoms with Crippen LogP contribution in [0.1, 0.15) is 56.4 Å². The fourth-order valence-electron chi connectivity index (χ4n) is 6.70. The highest BCUT2D eigenvalue weighted by Crippen LogP contribution is 2.60. The van der Waals surface area contributed by atoms with Crippen LogP contribution in [0.2, 0.25) is 0 Å². The van der Waals surface area contributed by atoms with Crippen LogP contribution in [-0.2, 0) is 10.8 Å². The highest BCUT2D eigenvalue weighted by molar-refractivity contribution is 5.93. The van der Waals surface area contributed by atoms with Crippen molar-refractivity contribution in [3.05, 3.63) is 120 Å². The molecule has 4 heterocycles. The predicted octanol–water partition coefficient (Wildman–Crippen LogP) is 8.32. The average Bonchev–Trinajstić information content (AvgIpc) is 2.94. The van der Waals surface area contributed by atoms with Crippen molar-refractivity contribution >= 4 is 34.7 Å². The zero-order chi connectivity index (χ0) is 26.1. The van der Waals surface area contributed by atoms with Crippen molar-refractivity contribution in [2.45, 2.75) is 51.0 Å². The van der Waals surface area contributed by atoms with E-state index in [1.165, 1.54) is 45.0 Å². The van der Waals surface area contributed by atoms with E-state index < -0.39 is 0 Å². The molecule has 0 N–H and O–H groups in total. The van der Waals surface area contributed by atoms with Gasteiger partial charge in [-0.2, -0.15) is 0 Å². The molecule has 188 valence electrons. The second kappa shape index (κ2) is 8.16. The summed E-state index contributed by atoms with van der Waals surface area (Å²) in [4.78, 5) is 13.7. The van der Waals surface area contributed by atoms with Gasteiger partial charge in [-0.25, -0.2) is 0 Å². The molecule has 3 aliphatic rings. The number of aliphatic imine (C=N–C) groups is 1. The van der Waals surface area contributed by atoms with Crippen molar-refractivity contribution < 1.29 is 0 Å². The third-order valence-corrected chi connectivity index (χ3v) is 8.70. The average molecular weight is 497 g/mol. The van der Waals surface area contributed by atoms with E-state index in [-0.39, 0.29) is 16.9 Å². The van der Waals surface area contributed by atoms with Crippen LogP contribution in [0.3, 0.4) is 0 Å². The summed E-state index contributed by atoms with van der Waals surface area (Å²) >= 11 is 0. The van der Waals surface area contributed by atoms with E-state index in [2.05, 4.69) is 120 Å². The quantitative estimate of drug-likeness (QED) is 0.286. The number of hydrogen-bond acceptors (Lipinski definition) is 4. The lowest BCUT2D eigenvalue weighted by Crippen LogP contribution is -2.38. The zero-order valence-corrected chi connectivity index (χ0v) is 22.4. The summed E-state index contributed by atoms with van der Waals surface area (Å²) in [6.07, 6.45) is 10.7. The Labute approximate surface area is 225 Å². The Hall–Kier alpha value is -4.18. The number of anilines is 5. The van der Waals surface area contributed by atoms with Crippen molar-refractivity contribution in [1.29, 1.82) is 0 Å². The molecule has 4 aromatic rings. The molecule has 4 nitrogen and oxygen atoms in total. The topological polar surface area (TPSA) is 31.7 Å². The molecule has 0 bridgehead atoms. The minimum Gasteiger partial charge on any atom is -0.333 e. The Bertz CT molecular complexity index is 1610. The van der Waals surface area contributed by atoms with Crippen LogP contribution in [0.25, 0.3) is 0 Å². The van der Waals surface area contributed by atoms with Gasteiger partial charge in [0.05, 0.1) is 35.0 Å². The Morgan fingerprint density at radius 2 is 1.50 bits per heavy atom. The molecule has 38 heavy (non-hydrogen) atoms. The van der Waals surface area contributed by atoms with Gasteiger partial charge in [0.15, 0.2) is 0 Å². The number of nitrogens with zero attached hydrogens (tertiary/aromatic N) is 4. The summed E-state index contributed by atoms with van der Waals surface area (Å²) in [6, 6.07) is 27.1. The molecule has 0 radical (unpaired) electrons. The van der Waals surface area contributed by atoms with Crippen molar-refractivity contribution in [2.75, 3.05) is 9.80 Å². The van der Waals surface area contributed by atoms with Gasteiger partial charge >= 0.3 is 0 Å². The second-order valence-electron chi connectivity index (χ2n) is 11.6. The molecule has 7 rings (SSSR count). The summed E-state index contributed by atoms with van der Waals surface area (Å²) in [5.41, 5.74) is 11.3. The lowest BCUT2D eigenvalue weighted by atomic mass is 9.66. The van der Waals surface area contributed by atoms with Crippen LogP contribution in [0, 0.1) is 0 Å². The minimum absolute atomic E-state index is 0.0715. The van der Waals surface area contributed by atoms with Gasteiger partial charge in [0.25, 0.3) is 0 Å². The number of aromatic nitrogens is 1. The highest BCUT2D eigenvalue weighted by atomic mass is 15.2. The lowest BCUT2D eigenvalue weighted by molar-refractivity contribution is 0.597. The van der Waals surface area contributed by atoms with E-state index >= 15 is 0 Å². The maximum Gasteiger partial charge on any atom is 0.0602 e. The molecule has 1 unspecified atom stereocenters. The van der Waals surface area contributed by atoms with Crippen LogP contribution in [0.5, 0.6) is 0 Å². The third-order valence-electron chi connectivity index (χ3n) is 8.70. The molecule has 0 aliphatic carbocycles. The summed E-state index contributed by atoms with van der Waals surface area (Å²) in [7, 11) is 0. The van der Waals surface area contributed by atoms with Crippen molar-refractivity contribution in [3.8, 4) is 0 Å². The standard InChI is InChI=1S/C34H32N4/c1-33(2)26-10-5-6-13-30(26)38-31-15-14-24(21-29(31)34(3,4)28-12-7-11-27(33)32(28)38)37(23-16-19-35-20-17-23)25-9-8-18-36-22-25/h5-16,18-23H,17H2,1-4H3. The molecule has 0 saturated heterocycles. The van der Waals surface area contributed by atoms with Crippen LogP contribution >= 0.6 is 0 Å². The molecule has 1 atom stereocenters. The number of hydrogen-bond donors (Lipinski definition) is 0. The first-order valence-electron chi connectivity index (χ1n) is 13.4. The van der Waals surface area contributed by atoms with E-state index in [1.807, 2.05) is 30.9 Å². The van der Waals surface area contributed by atoms with Gasteiger partial charge in [0, 0.05) is 41.5 Å². The minimum atomic E-state index is -0.167. The molecule has 0 fully saturated rings. The maximum atomic E-state index is 4.45. The normalized spacial score (nSPS) is 19.4. The van der Waals surface area contributed by atoms with Gasteiger partial charge < -0.3 is 9.80 Å². The predicted molar refractivity (Wildman–Crippen MR) is 158 cm³/mol. The van der Waals surface area contributed by atoms with Crippen molar-refractivity contribution in [2.24, 2.45) is 4.99 Å². The van der Waals surface area contributed by atoms with Gasteiger partial charge in [-0.1, -0.05) is 64.1 Å². The Balaban J connectivity index is 1.46. The highest BCUT2D eigenvalue weighted by Gasteiger charge is 2.45. The van der Waals surface area contributed by atoms with Gasteiger partial charge in [0.2, 0.25) is 0 Å². The van der Waals surface area contributed by atoms with Crippen LogP contribution in [0.15, 0.2) is 102 Å². The molecule has 1 aromatic heterocycles. The monoisotopic (exact) mass is 496 g/mol. The molecule has 3 aliphatic heterocycles. The fourth-order valence-corrected chi connectivity index (χ4v) is 6.70. The molecule has 0 saturated carbocycles. The van der Waals surface area contributed by atoms with E-state index in [1.54, 1.807) is 0 Å². The molecule has 0 amide bonds. The van der Waals surface area contributed by atoms with Crippen molar-refractivity contribution in [1.82, 2.24) is 4.98 Å². The SMILES string of the molecule is CC1(C)c2ccccc2N2c3ccc(N(c4cccnc4)C4C=CN=CC4)cc3C(C)(C)c3cccc1c32. The van der Waals surface area contributed by atoms with E-state index in [0.29, 0.717) is 0 Å². The molecular formula is C34H32N4. The number of benzene rings is 3. The number of para-hydroxylation sites is 2. The zero-order valence-electron chi connectivity index (χ0n) is 22.4. The first-order valence-corrected chi connectivity index (χ1v) is 13.4. The largest absolute Gasteiger partial charge is 0.333 e. The van der Waals surface area contributed by atoms with Crippen LogP contribution in [0.4, 0.5) is 28.4 Å².